The number of aliphatic hydroxyl groups excluding tert-OH is 1. The monoisotopic (exact) mass is 225 g/mol. The maximum Gasteiger partial charge on any atom is 0.0695 e. The molecule has 2 fully saturated rings. The number of nitrogens with zero attached hydrogens (tertiary/aromatic N) is 1. The van der Waals surface area contributed by atoms with E-state index in [1.165, 1.54) is 51.6 Å². The average molecular weight is 225 g/mol. The Hall–Kier alpha value is -0.0800. The normalized spacial score (nSPS) is 36.9. The number of likely N-dealkylation sites (tertiary alicyclic amines) is 1. The fraction of sp³-hybridized carbons (Fsp3) is 1.00. The van der Waals surface area contributed by atoms with Crippen LogP contribution in [0.4, 0.5) is 0 Å². The second-order valence-corrected chi connectivity index (χ2v) is 6.51. The molecule has 1 heterocycles. The molecule has 16 heavy (non-hydrogen) atoms. The minimum atomic E-state index is -0.0748. The maximum atomic E-state index is 10.3. The number of rotatable bonds is 1. The number of aliphatic hydroxyl groups is 1. The van der Waals surface area contributed by atoms with E-state index in [9.17, 15) is 5.11 Å². The van der Waals surface area contributed by atoms with Crippen LogP contribution in [-0.2, 0) is 0 Å². The van der Waals surface area contributed by atoms with Crippen LogP contribution in [-0.4, -0.2) is 35.2 Å². The van der Waals surface area contributed by atoms with Crippen LogP contribution in [0.15, 0.2) is 0 Å². The third kappa shape index (κ3) is 2.98. The van der Waals surface area contributed by atoms with Crippen LogP contribution in [0, 0.1) is 5.41 Å². The molecule has 0 aromatic rings. The van der Waals surface area contributed by atoms with Crippen LogP contribution in [0.5, 0.6) is 0 Å². The summed E-state index contributed by atoms with van der Waals surface area (Å²) in [5, 5.41) is 10.3. The van der Waals surface area contributed by atoms with E-state index >= 15 is 0 Å². The molecule has 0 radical (unpaired) electrons. The van der Waals surface area contributed by atoms with Gasteiger partial charge in [0.1, 0.15) is 0 Å². The first-order valence-corrected chi connectivity index (χ1v) is 7.01. The molecule has 2 rings (SSSR count). The first kappa shape index (κ1) is 12.4. The Balaban J connectivity index is 1.95. The average Bonchev–Trinajstić information content (AvgIpc) is 2.53. The molecule has 94 valence electrons. The standard InChI is InChI=1S/C14H27NO/c1-14(2)9-10-15(11-14)12-7-5-3-4-6-8-13(12)16/h12-13,16H,3-11H2,1-2H3. The molecule has 1 aliphatic carbocycles. The van der Waals surface area contributed by atoms with E-state index in [0.29, 0.717) is 11.5 Å². The summed E-state index contributed by atoms with van der Waals surface area (Å²) >= 11 is 0. The zero-order chi connectivity index (χ0) is 11.6. The van der Waals surface area contributed by atoms with Gasteiger partial charge in [0.15, 0.2) is 0 Å². The Bertz CT molecular complexity index is 227. The van der Waals surface area contributed by atoms with E-state index < -0.39 is 0 Å². The quantitative estimate of drug-likeness (QED) is 0.742. The highest BCUT2D eigenvalue weighted by Gasteiger charge is 2.35. The van der Waals surface area contributed by atoms with Gasteiger partial charge in [-0.05, 0) is 31.2 Å². The number of hydrogen-bond acceptors (Lipinski definition) is 2. The van der Waals surface area contributed by atoms with E-state index in [1.54, 1.807) is 0 Å². The van der Waals surface area contributed by atoms with Gasteiger partial charge in [-0.3, -0.25) is 4.90 Å². The van der Waals surface area contributed by atoms with E-state index in [1.807, 2.05) is 0 Å². The highest BCUT2D eigenvalue weighted by Crippen LogP contribution is 2.33. The lowest BCUT2D eigenvalue weighted by Crippen LogP contribution is -2.43. The van der Waals surface area contributed by atoms with Gasteiger partial charge in [0, 0.05) is 12.6 Å². The lowest BCUT2D eigenvalue weighted by Gasteiger charge is -2.34. The Kier molecular flexibility index (Phi) is 3.91. The van der Waals surface area contributed by atoms with Gasteiger partial charge in [0.25, 0.3) is 0 Å². The van der Waals surface area contributed by atoms with Crippen molar-refractivity contribution in [2.24, 2.45) is 5.41 Å². The summed E-state index contributed by atoms with van der Waals surface area (Å²) in [5.74, 6) is 0. The molecule has 0 aromatic heterocycles. The molecule has 1 N–H and O–H groups in total. The van der Waals surface area contributed by atoms with Crippen LogP contribution in [0.3, 0.4) is 0 Å². The van der Waals surface area contributed by atoms with E-state index in [2.05, 4.69) is 18.7 Å². The third-order valence-corrected chi connectivity index (χ3v) is 4.37. The molecule has 2 atom stereocenters. The van der Waals surface area contributed by atoms with Crippen LogP contribution in [0.1, 0.15) is 58.8 Å². The minimum Gasteiger partial charge on any atom is -0.391 e. The van der Waals surface area contributed by atoms with E-state index in [4.69, 9.17) is 0 Å². The van der Waals surface area contributed by atoms with Gasteiger partial charge in [-0.25, -0.2) is 0 Å². The Morgan fingerprint density at radius 2 is 1.75 bits per heavy atom. The van der Waals surface area contributed by atoms with Gasteiger partial charge in [0.05, 0.1) is 6.10 Å². The molecule has 2 nitrogen and oxygen atoms in total. The molecule has 2 heteroatoms. The van der Waals surface area contributed by atoms with Crippen molar-refractivity contribution in [2.75, 3.05) is 13.1 Å². The van der Waals surface area contributed by atoms with Gasteiger partial charge >= 0.3 is 0 Å². The summed E-state index contributed by atoms with van der Waals surface area (Å²) in [5.41, 5.74) is 0.460. The highest BCUT2D eigenvalue weighted by atomic mass is 16.3. The topological polar surface area (TPSA) is 23.5 Å². The van der Waals surface area contributed by atoms with Crippen LogP contribution >= 0.6 is 0 Å². The molecule has 0 bridgehead atoms. The predicted octanol–water partition coefficient (Wildman–Crippen LogP) is 2.80. The molecule has 1 saturated carbocycles. The second kappa shape index (κ2) is 5.05. The van der Waals surface area contributed by atoms with Crippen LogP contribution < -0.4 is 0 Å². The highest BCUT2D eigenvalue weighted by molar-refractivity contribution is 4.90. The summed E-state index contributed by atoms with van der Waals surface area (Å²) in [7, 11) is 0. The Morgan fingerprint density at radius 3 is 2.38 bits per heavy atom. The molecular formula is C14H27NO. The minimum absolute atomic E-state index is 0.0748. The molecule has 2 unspecified atom stereocenters. The summed E-state index contributed by atoms with van der Waals surface area (Å²) in [6.45, 7) is 7.06. The van der Waals surface area contributed by atoms with Crippen molar-refractivity contribution in [1.82, 2.24) is 4.90 Å². The SMILES string of the molecule is CC1(C)CCN(C2CCCCCCC2O)C1. The van der Waals surface area contributed by atoms with Crippen molar-refractivity contribution in [2.45, 2.75) is 70.9 Å². The van der Waals surface area contributed by atoms with Gasteiger partial charge in [-0.1, -0.05) is 39.5 Å². The smallest absolute Gasteiger partial charge is 0.0695 e. The molecule has 0 aromatic carbocycles. The van der Waals surface area contributed by atoms with Crippen molar-refractivity contribution < 1.29 is 5.11 Å². The van der Waals surface area contributed by atoms with Crippen LogP contribution in [0.2, 0.25) is 0 Å². The van der Waals surface area contributed by atoms with Crippen molar-refractivity contribution >= 4 is 0 Å². The third-order valence-electron chi connectivity index (χ3n) is 4.37. The summed E-state index contributed by atoms with van der Waals surface area (Å²) in [4.78, 5) is 2.55. The summed E-state index contributed by atoms with van der Waals surface area (Å²) < 4.78 is 0. The lowest BCUT2D eigenvalue weighted by molar-refractivity contribution is 0.0388. The Labute approximate surface area is 100 Å². The fourth-order valence-electron chi connectivity index (χ4n) is 3.31. The van der Waals surface area contributed by atoms with Gasteiger partial charge in [-0.15, -0.1) is 0 Å². The molecule has 0 spiro atoms. The van der Waals surface area contributed by atoms with Crippen molar-refractivity contribution in [3.8, 4) is 0 Å². The predicted molar refractivity (Wildman–Crippen MR) is 67.5 cm³/mol. The summed E-state index contributed by atoms with van der Waals surface area (Å²) in [6, 6.07) is 0.446. The fourth-order valence-corrected chi connectivity index (χ4v) is 3.31. The maximum absolute atomic E-state index is 10.3. The zero-order valence-corrected chi connectivity index (χ0v) is 10.9. The summed E-state index contributed by atoms with van der Waals surface area (Å²) in [6.07, 6.45) is 8.63. The molecule has 2 aliphatic rings. The molecule has 0 amide bonds. The molecular weight excluding hydrogens is 198 g/mol. The second-order valence-electron chi connectivity index (χ2n) is 6.51. The van der Waals surface area contributed by atoms with Gasteiger partial charge in [0.2, 0.25) is 0 Å². The molecule has 1 saturated heterocycles. The zero-order valence-electron chi connectivity index (χ0n) is 10.9. The van der Waals surface area contributed by atoms with Gasteiger partial charge < -0.3 is 5.11 Å². The number of hydrogen-bond donors (Lipinski definition) is 1. The van der Waals surface area contributed by atoms with Crippen molar-refractivity contribution in [3.05, 3.63) is 0 Å². The van der Waals surface area contributed by atoms with Crippen molar-refractivity contribution in [1.29, 1.82) is 0 Å². The van der Waals surface area contributed by atoms with Crippen molar-refractivity contribution in [3.63, 3.8) is 0 Å². The lowest BCUT2D eigenvalue weighted by atomic mass is 9.91. The first-order valence-electron chi connectivity index (χ1n) is 7.01. The first-order chi connectivity index (χ1) is 7.58. The van der Waals surface area contributed by atoms with E-state index in [0.717, 1.165) is 6.42 Å². The van der Waals surface area contributed by atoms with Crippen LogP contribution in [0.25, 0.3) is 0 Å². The largest absolute Gasteiger partial charge is 0.391 e. The molecule has 1 aliphatic heterocycles. The van der Waals surface area contributed by atoms with E-state index in [-0.39, 0.29) is 6.10 Å². The Morgan fingerprint density at radius 1 is 1.06 bits per heavy atom. The van der Waals surface area contributed by atoms with Gasteiger partial charge in [-0.2, -0.15) is 0 Å².